The van der Waals surface area contributed by atoms with E-state index in [1.54, 1.807) is 13.2 Å². The lowest BCUT2D eigenvalue weighted by molar-refractivity contribution is -0.141. The molecule has 2 saturated heterocycles. The van der Waals surface area contributed by atoms with Crippen molar-refractivity contribution in [2.75, 3.05) is 58.4 Å². The molecule has 0 N–H and O–H groups in total. The molecule has 0 saturated carbocycles. The van der Waals surface area contributed by atoms with Gasteiger partial charge in [-0.05, 0) is 55.1 Å². The monoisotopic (exact) mass is 469 g/mol. The molecule has 0 bridgehead atoms. The standard InChI is InChI=1S/C27H36FN3O3/c1-33-23-7-5-6-21(18-23)19-29-13-12-25(22(20-29)10-11-27(32)34-2)30-14-16-31(17-15-30)26-9-4-3-8-24(26)28/h3-9,18,22,25H,10-17,19-20H2,1-2H3/t22-,25+/m0/s1. The summed E-state index contributed by atoms with van der Waals surface area (Å²) in [6.45, 7) is 6.28. The van der Waals surface area contributed by atoms with E-state index in [-0.39, 0.29) is 11.8 Å². The predicted octanol–water partition coefficient (Wildman–Crippen LogP) is 3.80. The third-order valence-corrected chi connectivity index (χ3v) is 7.24. The Balaban J connectivity index is 1.39. The lowest BCUT2D eigenvalue weighted by atomic mass is 9.86. The fraction of sp³-hybridized carbons (Fsp3) is 0.519. The Morgan fingerprint density at radius 2 is 1.82 bits per heavy atom. The number of nitrogens with zero attached hydrogens (tertiary/aromatic N) is 3. The summed E-state index contributed by atoms with van der Waals surface area (Å²) >= 11 is 0. The molecule has 0 spiro atoms. The van der Waals surface area contributed by atoms with Gasteiger partial charge >= 0.3 is 5.97 Å². The highest BCUT2D eigenvalue weighted by Crippen LogP contribution is 2.30. The summed E-state index contributed by atoms with van der Waals surface area (Å²) in [6, 6.07) is 15.7. The second-order valence-electron chi connectivity index (χ2n) is 9.29. The van der Waals surface area contributed by atoms with Gasteiger partial charge in [0.1, 0.15) is 11.6 Å². The predicted molar refractivity (Wildman–Crippen MR) is 132 cm³/mol. The van der Waals surface area contributed by atoms with Crippen molar-refractivity contribution in [2.24, 2.45) is 5.92 Å². The molecule has 0 aliphatic carbocycles. The molecule has 34 heavy (non-hydrogen) atoms. The van der Waals surface area contributed by atoms with Gasteiger partial charge in [0.2, 0.25) is 0 Å². The minimum atomic E-state index is -0.155. The molecule has 4 rings (SSSR count). The summed E-state index contributed by atoms with van der Waals surface area (Å²) < 4.78 is 24.6. The lowest BCUT2D eigenvalue weighted by Crippen LogP contribution is -2.56. The molecule has 6 nitrogen and oxygen atoms in total. The topological polar surface area (TPSA) is 45.2 Å². The first-order valence-electron chi connectivity index (χ1n) is 12.2. The molecule has 2 aromatic rings. The van der Waals surface area contributed by atoms with E-state index in [1.165, 1.54) is 18.7 Å². The molecule has 0 radical (unpaired) electrons. The molecule has 2 atom stereocenters. The molecule has 7 heteroatoms. The number of carbonyl (C=O) groups is 1. The zero-order valence-electron chi connectivity index (χ0n) is 20.3. The molecule has 0 unspecified atom stereocenters. The van der Waals surface area contributed by atoms with E-state index in [2.05, 4.69) is 26.8 Å². The maximum absolute atomic E-state index is 14.3. The zero-order valence-corrected chi connectivity index (χ0v) is 20.3. The highest BCUT2D eigenvalue weighted by Gasteiger charge is 2.35. The van der Waals surface area contributed by atoms with Crippen molar-refractivity contribution in [3.05, 3.63) is 59.9 Å². The third-order valence-electron chi connectivity index (χ3n) is 7.24. The highest BCUT2D eigenvalue weighted by atomic mass is 19.1. The van der Waals surface area contributed by atoms with Crippen LogP contribution < -0.4 is 9.64 Å². The maximum atomic E-state index is 14.3. The Kier molecular flexibility index (Phi) is 8.40. The van der Waals surface area contributed by atoms with Gasteiger partial charge in [0.25, 0.3) is 0 Å². The molecule has 0 aromatic heterocycles. The lowest BCUT2D eigenvalue weighted by Gasteiger charge is -2.47. The van der Waals surface area contributed by atoms with Crippen molar-refractivity contribution >= 4 is 11.7 Å². The number of benzene rings is 2. The molecule has 2 aliphatic rings. The van der Waals surface area contributed by atoms with Gasteiger partial charge in [-0.25, -0.2) is 4.39 Å². The van der Waals surface area contributed by atoms with Crippen LogP contribution in [0.25, 0.3) is 0 Å². The Morgan fingerprint density at radius 3 is 2.56 bits per heavy atom. The number of likely N-dealkylation sites (tertiary alicyclic amines) is 1. The molecular formula is C27H36FN3O3. The molecule has 2 fully saturated rings. The van der Waals surface area contributed by atoms with Gasteiger partial charge < -0.3 is 14.4 Å². The second-order valence-corrected chi connectivity index (χ2v) is 9.29. The summed E-state index contributed by atoms with van der Waals surface area (Å²) in [5, 5.41) is 0. The Bertz CT molecular complexity index is 948. The van der Waals surface area contributed by atoms with Gasteiger partial charge in [-0.1, -0.05) is 24.3 Å². The summed E-state index contributed by atoms with van der Waals surface area (Å²) in [6.07, 6.45) is 2.33. The Labute approximate surface area is 202 Å². The number of hydrogen-bond acceptors (Lipinski definition) is 6. The molecule has 0 amide bonds. The van der Waals surface area contributed by atoms with Crippen molar-refractivity contribution in [1.29, 1.82) is 0 Å². The molecule has 2 aromatic carbocycles. The van der Waals surface area contributed by atoms with Gasteiger partial charge in [0.15, 0.2) is 0 Å². The van der Waals surface area contributed by atoms with Crippen molar-refractivity contribution in [2.45, 2.75) is 31.8 Å². The molecular weight excluding hydrogens is 433 g/mol. The van der Waals surface area contributed by atoms with E-state index in [1.807, 2.05) is 24.3 Å². The highest BCUT2D eigenvalue weighted by molar-refractivity contribution is 5.69. The van der Waals surface area contributed by atoms with E-state index in [0.29, 0.717) is 24.1 Å². The van der Waals surface area contributed by atoms with E-state index < -0.39 is 0 Å². The average Bonchev–Trinajstić information content (AvgIpc) is 2.88. The van der Waals surface area contributed by atoms with Crippen LogP contribution in [0.1, 0.15) is 24.8 Å². The van der Waals surface area contributed by atoms with Gasteiger partial charge in [-0.2, -0.15) is 0 Å². The normalized spacial score (nSPS) is 21.9. The van der Waals surface area contributed by atoms with Crippen LogP contribution in [-0.2, 0) is 16.1 Å². The van der Waals surface area contributed by atoms with Crippen molar-refractivity contribution in [3.8, 4) is 5.75 Å². The third kappa shape index (κ3) is 6.07. The number of methoxy groups -OCH3 is 2. The molecule has 2 heterocycles. The minimum Gasteiger partial charge on any atom is -0.497 e. The number of esters is 1. The van der Waals surface area contributed by atoms with Crippen molar-refractivity contribution in [3.63, 3.8) is 0 Å². The molecule has 184 valence electrons. The first-order valence-corrected chi connectivity index (χ1v) is 12.2. The number of halogens is 1. The SMILES string of the molecule is COC(=O)CC[C@H]1CN(Cc2cccc(OC)c2)CC[C@H]1N1CCN(c2ccccc2F)CC1. The minimum absolute atomic E-state index is 0.145. The maximum Gasteiger partial charge on any atom is 0.305 e. The van der Waals surface area contributed by atoms with E-state index >= 15 is 0 Å². The quantitative estimate of drug-likeness (QED) is 0.548. The van der Waals surface area contributed by atoms with Crippen LogP contribution in [0.5, 0.6) is 5.75 Å². The van der Waals surface area contributed by atoms with Crippen molar-refractivity contribution < 1.29 is 18.7 Å². The summed E-state index contributed by atoms with van der Waals surface area (Å²) in [5.74, 6) is 0.964. The zero-order chi connectivity index (χ0) is 23.9. The van der Waals surface area contributed by atoms with Gasteiger partial charge in [0.05, 0.1) is 19.9 Å². The number of para-hydroxylation sites is 1. The van der Waals surface area contributed by atoms with Gasteiger partial charge in [0, 0.05) is 51.7 Å². The van der Waals surface area contributed by atoms with Crippen LogP contribution in [0, 0.1) is 11.7 Å². The van der Waals surface area contributed by atoms with Crippen LogP contribution >= 0.6 is 0 Å². The van der Waals surface area contributed by atoms with Crippen LogP contribution in [0.2, 0.25) is 0 Å². The first-order chi connectivity index (χ1) is 16.6. The Morgan fingerprint density at radius 1 is 1.03 bits per heavy atom. The van der Waals surface area contributed by atoms with Crippen LogP contribution in [-0.4, -0.2) is 75.3 Å². The number of hydrogen-bond donors (Lipinski definition) is 0. The Hall–Kier alpha value is -2.64. The van der Waals surface area contributed by atoms with E-state index in [4.69, 9.17) is 9.47 Å². The smallest absolute Gasteiger partial charge is 0.305 e. The number of rotatable bonds is 8. The van der Waals surface area contributed by atoms with Crippen LogP contribution in [0.3, 0.4) is 0 Å². The fourth-order valence-corrected chi connectivity index (χ4v) is 5.44. The number of carbonyl (C=O) groups excluding carboxylic acids is 1. The average molecular weight is 470 g/mol. The number of ether oxygens (including phenoxy) is 2. The van der Waals surface area contributed by atoms with Crippen LogP contribution in [0.15, 0.2) is 48.5 Å². The number of anilines is 1. The second kappa shape index (κ2) is 11.7. The van der Waals surface area contributed by atoms with Crippen molar-refractivity contribution in [1.82, 2.24) is 9.80 Å². The number of piperazine rings is 1. The first kappa shape index (κ1) is 24.5. The summed E-state index contributed by atoms with van der Waals surface area (Å²) in [4.78, 5) is 19.1. The van der Waals surface area contributed by atoms with E-state index in [0.717, 1.165) is 64.4 Å². The molecule has 2 aliphatic heterocycles. The van der Waals surface area contributed by atoms with E-state index in [9.17, 15) is 9.18 Å². The van der Waals surface area contributed by atoms with Crippen LogP contribution in [0.4, 0.5) is 10.1 Å². The van der Waals surface area contributed by atoms with Gasteiger partial charge in [-0.3, -0.25) is 14.6 Å². The summed E-state index contributed by atoms with van der Waals surface area (Å²) in [5.41, 5.74) is 1.93. The van der Waals surface area contributed by atoms with Gasteiger partial charge in [-0.15, -0.1) is 0 Å². The fourth-order valence-electron chi connectivity index (χ4n) is 5.44. The largest absolute Gasteiger partial charge is 0.497 e. The number of piperidine rings is 1. The summed E-state index contributed by atoms with van der Waals surface area (Å²) in [7, 11) is 3.15.